The standard InChI is InChI=1S/C25H27N7OS/c1-25-8-2-3-16(29-25)10-18(11-25)32(17-5-6-17)24-28-14-21(30-31-24)20-7-4-15(9-22(20)33)23-27-13-19(12-26)34-23/h4,7,9,13-14,16-18,29,33H,2-3,5-6,8,10-11H2,1H3/t16?,18-,25+/m0/s1. The summed E-state index contributed by atoms with van der Waals surface area (Å²) in [6.45, 7) is 2.36. The molecule has 0 radical (unpaired) electrons. The summed E-state index contributed by atoms with van der Waals surface area (Å²) in [7, 11) is 0. The van der Waals surface area contributed by atoms with E-state index in [-0.39, 0.29) is 11.3 Å². The van der Waals surface area contributed by atoms with Crippen LogP contribution >= 0.6 is 11.3 Å². The Bertz CT molecular complexity index is 1250. The minimum Gasteiger partial charge on any atom is -0.507 e. The van der Waals surface area contributed by atoms with Crippen molar-refractivity contribution in [2.24, 2.45) is 0 Å². The van der Waals surface area contributed by atoms with Gasteiger partial charge >= 0.3 is 0 Å². The first-order chi connectivity index (χ1) is 16.5. The molecule has 2 saturated heterocycles. The summed E-state index contributed by atoms with van der Waals surface area (Å²) in [5.41, 5.74) is 2.07. The lowest BCUT2D eigenvalue weighted by Gasteiger charge is -2.50. The van der Waals surface area contributed by atoms with Gasteiger partial charge in [0, 0.05) is 34.8 Å². The number of nitriles is 1. The van der Waals surface area contributed by atoms with Crippen LogP contribution in [0.2, 0.25) is 0 Å². The van der Waals surface area contributed by atoms with Crippen molar-refractivity contribution in [1.29, 1.82) is 5.26 Å². The van der Waals surface area contributed by atoms with Gasteiger partial charge in [0.25, 0.3) is 0 Å². The van der Waals surface area contributed by atoms with Gasteiger partial charge in [-0.15, -0.1) is 21.5 Å². The molecule has 3 fully saturated rings. The van der Waals surface area contributed by atoms with Crippen LogP contribution in [-0.2, 0) is 0 Å². The van der Waals surface area contributed by atoms with Crippen molar-refractivity contribution in [3.8, 4) is 33.6 Å². The third kappa shape index (κ3) is 4.01. The molecule has 34 heavy (non-hydrogen) atoms. The molecule has 8 nitrogen and oxygen atoms in total. The number of piperidine rings is 2. The van der Waals surface area contributed by atoms with E-state index in [1.165, 1.54) is 43.4 Å². The third-order valence-electron chi connectivity index (χ3n) is 7.33. The molecular formula is C25H27N7OS. The van der Waals surface area contributed by atoms with Crippen LogP contribution in [0.3, 0.4) is 0 Å². The van der Waals surface area contributed by atoms with Gasteiger partial charge in [0.1, 0.15) is 27.4 Å². The SMILES string of the molecule is C[C@@]12CCCC(C[C@H](N(c3ncc(-c4ccc(-c5ncc(C#N)s5)cc4O)nn3)C3CC3)C1)N2. The number of fused-ring (bicyclic) bond motifs is 2. The molecule has 1 aromatic carbocycles. The molecule has 1 saturated carbocycles. The van der Waals surface area contributed by atoms with E-state index >= 15 is 0 Å². The smallest absolute Gasteiger partial charge is 0.245 e. The highest BCUT2D eigenvalue weighted by molar-refractivity contribution is 7.15. The second-order valence-corrected chi connectivity index (χ2v) is 11.1. The quantitative estimate of drug-likeness (QED) is 0.565. The van der Waals surface area contributed by atoms with E-state index in [1.807, 2.05) is 6.07 Å². The van der Waals surface area contributed by atoms with Crippen LogP contribution < -0.4 is 10.2 Å². The molecule has 9 heteroatoms. The minimum atomic E-state index is 0.0909. The van der Waals surface area contributed by atoms with E-state index in [1.54, 1.807) is 24.5 Å². The highest BCUT2D eigenvalue weighted by Crippen LogP contribution is 2.41. The van der Waals surface area contributed by atoms with E-state index in [2.05, 4.69) is 38.4 Å². The average molecular weight is 474 g/mol. The van der Waals surface area contributed by atoms with Gasteiger partial charge in [-0.3, -0.25) is 0 Å². The predicted molar refractivity (Wildman–Crippen MR) is 130 cm³/mol. The van der Waals surface area contributed by atoms with Crippen molar-refractivity contribution >= 4 is 17.3 Å². The Morgan fingerprint density at radius 2 is 2.06 bits per heavy atom. The zero-order valence-electron chi connectivity index (χ0n) is 19.1. The highest BCUT2D eigenvalue weighted by Gasteiger charge is 2.45. The summed E-state index contributed by atoms with van der Waals surface area (Å²) in [5.74, 6) is 0.788. The lowest BCUT2D eigenvalue weighted by atomic mass is 9.75. The number of thiazole rings is 1. The summed E-state index contributed by atoms with van der Waals surface area (Å²) in [6, 6.07) is 8.92. The molecule has 1 aliphatic carbocycles. The van der Waals surface area contributed by atoms with Crippen molar-refractivity contribution in [3.63, 3.8) is 0 Å². The van der Waals surface area contributed by atoms with Gasteiger partial charge in [0.15, 0.2) is 0 Å². The van der Waals surface area contributed by atoms with Crippen LogP contribution in [0.15, 0.2) is 30.6 Å². The fraction of sp³-hybridized carbons (Fsp3) is 0.480. The average Bonchev–Trinajstić information content (AvgIpc) is 3.53. The molecule has 1 unspecified atom stereocenters. The third-order valence-corrected chi connectivity index (χ3v) is 8.28. The fourth-order valence-corrected chi connectivity index (χ4v) is 6.40. The zero-order valence-corrected chi connectivity index (χ0v) is 19.9. The Labute approximate surface area is 202 Å². The van der Waals surface area contributed by atoms with Crippen LogP contribution in [0, 0.1) is 11.3 Å². The normalized spacial score (nSPS) is 26.1. The summed E-state index contributed by atoms with van der Waals surface area (Å²) >= 11 is 1.30. The van der Waals surface area contributed by atoms with Gasteiger partial charge in [-0.25, -0.2) is 9.97 Å². The van der Waals surface area contributed by atoms with E-state index < -0.39 is 0 Å². The maximum atomic E-state index is 10.7. The molecule has 2 aliphatic heterocycles. The topological polar surface area (TPSA) is 111 Å². The summed E-state index contributed by atoms with van der Waals surface area (Å²) in [5, 5.41) is 33.2. The largest absolute Gasteiger partial charge is 0.507 e. The van der Waals surface area contributed by atoms with Crippen LogP contribution in [0.5, 0.6) is 5.75 Å². The number of hydrogen-bond donors (Lipinski definition) is 2. The van der Waals surface area contributed by atoms with Crippen molar-refractivity contribution < 1.29 is 5.11 Å². The first-order valence-corrected chi connectivity index (χ1v) is 12.8. The van der Waals surface area contributed by atoms with Gasteiger partial charge in [0.05, 0.1) is 12.4 Å². The molecular weight excluding hydrogens is 446 g/mol. The number of nitrogens with zero attached hydrogens (tertiary/aromatic N) is 6. The van der Waals surface area contributed by atoms with Crippen LogP contribution in [0.25, 0.3) is 21.8 Å². The van der Waals surface area contributed by atoms with Gasteiger partial charge in [-0.05, 0) is 57.6 Å². The van der Waals surface area contributed by atoms with Crippen molar-refractivity contribution in [1.82, 2.24) is 25.5 Å². The molecule has 6 rings (SSSR count). The van der Waals surface area contributed by atoms with Gasteiger partial charge < -0.3 is 15.3 Å². The fourth-order valence-electron chi connectivity index (χ4n) is 5.69. The minimum absolute atomic E-state index is 0.0909. The van der Waals surface area contributed by atoms with Gasteiger partial charge in [-0.1, -0.05) is 12.5 Å². The maximum absolute atomic E-state index is 10.7. The lowest BCUT2D eigenvalue weighted by molar-refractivity contribution is 0.138. The molecule has 4 heterocycles. The zero-order chi connectivity index (χ0) is 23.3. The first kappa shape index (κ1) is 21.4. The van der Waals surface area contributed by atoms with E-state index in [9.17, 15) is 5.11 Å². The Balaban J connectivity index is 1.25. The van der Waals surface area contributed by atoms with Crippen molar-refractivity contribution in [2.45, 2.75) is 75.5 Å². The number of phenolic OH excluding ortho intramolecular Hbond substituents is 1. The summed E-state index contributed by atoms with van der Waals surface area (Å²) in [6.07, 6.45) is 11.6. The number of anilines is 1. The Morgan fingerprint density at radius 1 is 1.18 bits per heavy atom. The number of rotatable bonds is 5. The molecule has 2 N–H and O–H groups in total. The molecule has 3 atom stereocenters. The highest BCUT2D eigenvalue weighted by atomic mass is 32.1. The number of aromatic nitrogens is 4. The van der Waals surface area contributed by atoms with E-state index in [0.717, 1.165) is 18.4 Å². The second kappa shape index (κ2) is 8.29. The Morgan fingerprint density at radius 3 is 2.74 bits per heavy atom. The molecule has 174 valence electrons. The monoisotopic (exact) mass is 473 g/mol. The van der Waals surface area contributed by atoms with Crippen molar-refractivity contribution in [3.05, 3.63) is 35.5 Å². The van der Waals surface area contributed by atoms with Gasteiger partial charge in [-0.2, -0.15) is 5.26 Å². The van der Waals surface area contributed by atoms with Gasteiger partial charge in [0.2, 0.25) is 5.95 Å². The Hall–Kier alpha value is -3.09. The Kier molecular flexibility index (Phi) is 5.23. The summed E-state index contributed by atoms with van der Waals surface area (Å²) < 4.78 is 0. The van der Waals surface area contributed by atoms with Crippen molar-refractivity contribution in [2.75, 3.05) is 4.90 Å². The molecule has 0 spiro atoms. The molecule has 2 aromatic heterocycles. The predicted octanol–water partition coefficient (Wildman–Crippen LogP) is 4.27. The van der Waals surface area contributed by atoms with Crippen LogP contribution in [0.1, 0.15) is 56.7 Å². The number of nitrogens with one attached hydrogen (secondary N) is 1. The summed E-state index contributed by atoms with van der Waals surface area (Å²) in [4.78, 5) is 11.9. The molecule has 2 bridgehead atoms. The molecule has 0 amide bonds. The van der Waals surface area contributed by atoms with E-state index in [0.29, 0.717) is 45.2 Å². The van der Waals surface area contributed by atoms with E-state index in [4.69, 9.17) is 10.2 Å². The van der Waals surface area contributed by atoms with Crippen LogP contribution in [0.4, 0.5) is 5.95 Å². The molecule has 3 aromatic rings. The molecule has 3 aliphatic rings. The van der Waals surface area contributed by atoms with Crippen LogP contribution in [-0.4, -0.2) is 48.9 Å². The maximum Gasteiger partial charge on any atom is 0.245 e. The number of benzene rings is 1. The number of aromatic hydroxyl groups is 1. The lowest BCUT2D eigenvalue weighted by Crippen LogP contribution is -2.61. The second-order valence-electron chi connectivity index (χ2n) is 10.0. The number of hydrogen-bond acceptors (Lipinski definition) is 9. The number of phenols is 1. The first-order valence-electron chi connectivity index (χ1n) is 12.0.